The van der Waals surface area contributed by atoms with Crippen LogP contribution in [-0.4, -0.2) is 28.8 Å². The van der Waals surface area contributed by atoms with Crippen molar-refractivity contribution in [2.24, 2.45) is 0 Å². The van der Waals surface area contributed by atoms with E-state index in [4.69, 9.17) is 0 Å². The Morgan fingerprint density at radius 3 is 2.95 bits per heavy atom. The van der Waals surface area contributed by atoms with Gasteiger partial charge in [-0.2, -0.15) is 0 Å². The van der Waals surface area contributed by atoms with Gasteiger partial charge in [-0.3, -0.25) is 15.1 Å². The van der Waals surface area contributed by atoms with Crippen LogP contribution in [-0.2, 0) is 4.79 Å². The zero-order valence-electron chi connectivity index (χ0n) is 11.4. The molecule has 6 nitrogen and oxygen atoms in total. The van der Waals surface area contributed by atoms with Gasteiger partial charge in [-0.25, -0.2) is 0 Å². The van der Waals surface area contributed by atoms with E-state index in [1.54, 1.807) is 30.5 Å². The SMILES string of the molecule is O=CC1CCCCN1c1ccc2ncccc2c1[N+](=O)[O-]. The lowest BCUT2D eigenvalue weighted by Gasteiger charge is -2.34. The molecule has 1 atom stereocenters. The number of carbonyl (C=O) groups excluding carboxylic acids is 1. The zero-order valence-corrected chi connectivity index (χ0v) is 11.4. The molecule has 1 aliphatic heterocycles. The number of anilines is 1. The average Bonchev–Trinajstić information content (AvgIpc) is 2.53. The van der Waals surface area contributed by atoms with Gasteiger partial charge in [0.25, 0.3) is 0 Å². The maximum atomic E-state index is 11.5. The molecular formula is C15H15N3O3. The summed E-state index contributed by atoms with van der Waals surface area (Å²) >= 11 is 0. The van der Waals surface area contributed by atoms with Crippen molar-refractivity contribution in [3.8, 4) is 0 Å². The summed E-state index contributed by atoms with van der Waals surface area (Å²) in [6.45, 7) is 0.663. The molecule has 108 valence electrons. The van der Waals surface area contributed by atoms with Crippen LogP contribution in [0.3, 0.4) is 0 Å². The van der Waals surface area contributed by atoms with Gasteiger partial charge >= 0.3 is 5.69 Å². The molecule has 2 heterocycles. The molecule has 0 saturated carbocycles. The normalized spacial score (nSPS) is 18.7. The molecule has 21 heavy (non-hydrogen) atoms. The first-order valence-corrected chi connectivity index (χ1v) is 6.96. The largest absolute Gasteiger partial charge is 0.356 e. The maximum Gasteiger partial charge on any atom is 0.301 e. The Balaban J connectivity index is 2.19. The predicted octanol–water partition coefficient (Wildman–Crippen LogP) is 2.70. The van der Waals surface area contributed by atoms with Gasteiger partial charge in [0.2, 0.25) is 0 Å². The molecule has 1 saturated heterocycles. The van der Waals surface area contributed by atoms with E-state index >= 15 is 0 Å². The summed E-state index contributed by atoms with van der Waals surface area (Å²) in [4.78, 5) is 28.4. The number of nitro benzene ring substituents is 1. The minimum atomic E-state index is -0.379. The molecule has 0 spiro atoms. The molecule has 0 radical (unpaired) electrons. The highest BCUT2D eigenvalue weighted by atomic mass is 16.6. The number of benzene rings is 1. The summed E-state index contributed by atoms with van der Waals surface area (Å²) < 4.78 is 0. The van der Waals surface area contributed by atoms with E-state index in [0.717, 1.165) is 25.5 Å². The highest BCUT2D eigenvalue weighted by molar-refractivity contribution is 5.95. The highest BCUT2D eigenvalue weighted by Crippen LogP contribution is 2.37. The van der Waals surface area contributed by atoms with E-state index in [2.05, 4.69) is 4.98 Å². The van der Waals surface area contributed by atoms with Crippen molar-refractivity contribution in [2.75, 3.05) is 11.4 Å². The molecule has 1 unspecified atom stereocenters. The molecule has 6 heteroatoms. The lowest BCUT2D eigenvalue weighted by molar-refractivity contribution is -0.382. The Bertz CT molecular complexity index is 702. The number of pyridine rings is 1. The van der Waals surface area contributed by atoms with E-state index in [1.807, 2.05) is 4.90 Å². The Kier molecular flexibility index (Phi) is 3.51. The quantitative estimate of drug-likeness (QED) is 0.492. The molecule has 3 rings (SSSR count). The summed E-state index contributed by atoms with van der Waals surface area (Å²) in [7, 11) is 0. The van der Waals surface area contributed by atoms with Crippen LogP contribution in [0.1, 0.15) is 19.3 Å². The average molecular weight is 285 g/mol. The van der Waals surface area contributed by atoms with Crippen LogP contribution in [0.2, 0.25) is 0 Å². The maximum absolute atomic E-state index is 11.5. The summed E-state index contributed by atoms with van der Waals surface area (Å²) in [6, 6.07) is 6.58. The fraction of sp³-hybridized carbons (Fsp3) is 0.333. The van der Waals surface area contributed by atoms with Gasteiger partial charge in [0.1, 0.15) is 12.0 Å². The number of piperidine rings is 1. The Morgan fingerprint density at radius 2 is 2.19 bits per heavy atom. The third-order valence-electron chi connectivity index (χ3n) is 3.93. The van der Waals surface area contributed by atoms with Crippen molar-refractivity contribution in [3.63, 3.8) is 0 Å². The number of aldehydes is 1. The fourth-order valence-corrected chi connectivity index (χ4v) is 2.95. The van der Waals surface area contributed by atoms with E-state index in [0.29, 0.717) is 23.1 Å². The number of nitro groups is 1. The number of hydrogen-bond acceptors (Lipinski definition) is 5. The molecule has 0 aliphatic carbocycles. The predicted molar refractivity (Wildman–Crippen MR) is 79.4 cm³/mol. The highest BCUT2D eigenvalue weighted by Gasteiger charge is 2.29. The van der Waals surface area contributed by atoms with E-state index in [1.165, 1.54) is 0 Å². The summed E-state index contributed by atoms with van der Waals surface area (Å²) in [5.41, 5.74) is 1.14. The Morgan fingerprint density at radius 1 is 1.33 bits per heavy atom. The number of rotatable bonds is 3. The van der Waals surface area contributed by atoms with Crippen molar-refractivity contribution in [2.45, 2.75) is 25.3 Å². The van der Waals surface area contributed by atoms with Crippen molar-refractivity contribution < 1.29 is 9.72 Å². The van der Waals surface area contributed by atoms with Gasteiger partial charge in [-0.15, -0.1) is 0 Å². The molecule has 1 aromatic heterocycles. The Labute approximate surface area is 121 Å². The van der Waals surface area contributed by atoms with Gasteiger partial charge in [0.15, 0.2) is 0 Å². The number of hydrogen-bond donors (Lipinski definition) is 0. The van der Waals surface area contributed by atoms with Gasteiger partial charge in [-0.05, 0) is 43.5 Å². The smallest absolute Gasteiger partial charge is 0.301 e. The van der Waals surface area contributed by atoms with Crippen LogP contribution in [0.5, 0.6) is 0 Å². The lowest BCUT2D eigenvalue weighted by atomic mass is 10.0. The van der Waals surface area contributed by atoms with E-state index < -0.39 is 0 Å². The summed E-state index contributed by atoms with van der Waals surface area (Å²) in [5.74, 6) is 0. The second-order valence-electron chi connectivity index (χ2n) is 5.15. The number of nitrogens with zero attached hydrogens (tertiary/aromatic N) is 3. The molecule has 1 aromatic carbocycles. The second-order valence-corrected chi connectivity index (χ2v) is 5.15. The third-order valence-corrected chi connectivity index (χ3v) is 3.93. The molecule has 1 fully saturated rings. The van der Waals surface area contributed by atoms with Crippen LogP contribution in [0, 0.1) is 10.1 Å². The topological polar surface area (TPSA) is 76.3 Å². The Hall–Kier alpha value is -2.50. The molecule has 0 N–H and O–H groups in total. The summed E-state index contributed by atoms with van der Waals surface area (Å²) in [5, 5.41) is 12.0. The van der Waals surface area contributed by atoms with E-state index in [-0.39, 0.29) is 16.7 Å². The van der Waals surface area contributed by atoms with Crippen molar-refractivity contribution in [3.05, 3.63) is 40.6 Å². The second kappa shape index (κ2) is 5.47. The molecule has 0 amide bonds. The minimum Gasteiger partial charge on any atom is -0.356 e. The lowest BCUT2D eigenvalue weighted by Crippen LogP contribution is -2.40. The monoisotopic (exact) mass is 285 g/mol. The molecule has 1 aliphatic rings. The standard InChI is InChI=1S/C15H15N3O3/c19-10-11-4-1-2-9-17(11)14-7-6-13-12(5-3-8-16-13)15(14)18(20)21/h3,5-8,10-11H,1-2,4,9H2. The first-order chi connectivity index (χ1) is 10.2. The molecule has 0 bridgehead atoms. The van der Waals surface area contributed by atoms with Gasteiger partial charge in [0.05, 0.1) is 21.9 Å². The van der Waals surface area contributed by atoms with Crippen LogP contribution in [0.25, 0.3) is 10.9 Å². The number of fused-ring (bicyclic) bond motifs is 1. The van der Waals surface area contributed by atoms with Crippen molar-refractivity contribution in [1.29, 1.82) is 0 Å². The first kappa shape index (κ1) is 13.5. The van der Waals surface area contributed by atoms with E-state index in [9.17, 15) is 14.9 Å². The zero-order chi connectivity index (χ0) is 14.8. The van der Waals surface area contributed by atoms with Crippen LogP contribution in [0.4, 0.5) is 11.4 Å². The summed E-state index contributed by atoms with van der Waals surface area (Å²) in [6.07, 6.45) is 5.15. The van der Waals surface area contributed by atoms with Gasteiger partial charge in [-0.1, -0.05) is 0 Å². The van der Waals surface area contributed by atoms with Crippen LogP contribution >= 0.6 is 0 Å². The van der Waals surface area contributed by atoms with Gasteiger partial charge < -0.3 is 9.69 Å². The third kappa shape index (κ3) is 2.33. The fourth-order valence-electron chi connectivity index (χ4n) is 2.95. The first-order valence-electron chi connectivity index (χ1n) is 6.96. The van der Waals surface area contributed by atoms with Crippen LogP contribution in [0.15, 0.2) is 30.5 Å². The van der Waals surface area contributed by atoms with Crippen molar-refractivity contribution in [1.82, 2.24) is 4.98 Å². The van der Waals surface area contributed by atoms with Crippen LogP contribution < -0.4 is 4.90 Å². The van der Waals surface area contributed by atoms with Crippen molar-refractivity contribution >= 4 is 28.6 Å². The molecule has 2 aromatic rings. The number of aromatic nitrogens is 1. The minimum absolute atomic E-state index is 0.0364. The molecular weight excluding hydrogens is 270 g/mol. The number of carbonyl (C=O) groups is 1. The van der Waals surface area contributed by atoms with Gasteiger partial charge in [0, 0.05) is 12.7 Å².